The van der Waals surface area contributed by atoms with Crippen LogP contribution in [0.15, 0.2) is 62.9 Å². The van der Waals surface area contributed by atoms with Gasteiger partial charge in [-0.15, -0.1) is 22.7 Å². The van der Waals surface area contributed by atoms with E-state index in [4.69, 9.17) is 28.2 Å². The Kier molecular flexibility index (Phi) is 7.03. The van der Waals surface area contributed by atoms with Crippen LogP contribution >= 0.6 is 45.9 Å². The maximum absolute atomic E-state index is 11.9. The smallest absolute Gasteiger partial charge is 0.258 e. The van der Waals surface area contributed by atoms with Crippen molar-refractivity contribution in [3.8, 4) is 0 Å². The molecule has 5 heterocycles. The number of thiophene rings is 2. The van der Waals surface area contributed by atoms with Crippen LogP contribution in [-0.4, -0.2) is 54.8 Å². The van der Waals surface area contributed by atoms with Gasteiger partial charge in [0.2, 0.25) is 0 Å². The fraction of sp³-hybridized carbons (Fsp3) is 0.185. The monoisotopic (exact) mass is 582 g/mol. The van der Waals surface area contributed by atoms with Crippen LogP contribution in [0, 0.1) is 0 Å². The summed E-state index contributed by atoms with van der Waals surface area (Å²) in [5, 5.41) is 18.9. The highest BCUT2D eigenvalue weighted by Crippen LogP contribution is 2.38. The van der Waals surface area contributed by atoms with Crippen LogP contribution in [-0.2, 0) is 0 Å². The number of carbonyl (C=O) groups is 1. The summed E-state index contributed by atoms with van der Waals surface area (Å²) in [6.07, 6.45) is 0. The molecule has 0 saturated carbocycles. The van der Waals surface area contributed by atoms with Gasteiger partial charge in [-0.1, -0.05) is 23.2 Å². The molecule has 3 N–H and O–H groups in total. The summed E-state index contributed by atoms with van der Waals surface area (Å²) >= 11 is 15.2. The number of fused-ring (bicyclic) bond motifs is 4. The number of amides is 1. The highest BCUT2D eigenvalue weighted by molar-refractivity contribution is 7.09. The Labute approximate surface area is 238 Å². The Hall–Kier alpha value is -3.08. The van der Waals surface area contributed by atoms with Crippen LogP contribution in [0.4, 0.5) is 34.1 Å². The van der Waals surface area contributed by atoms with Crippen molar-refractivity contribution >= 4 is 91.7 Å². The second-order valence-electron chi connectivity index (χ2n) is 9.18. The lowest BCUT2D eigenvalue weighted by Gasteiger charge is -2.34. The van der Waals surface area contributed by atoms with E-state index in [2.05, 4.69) is 43.6 Å². The lowest BCUT2D eigenvalue weighted by Crippen LogP contribution is -2.47. The molecular formula is C27H24Cl2N6OS2. The topological polar surface area (TPSA) is 72.0 Å². The minimum Gasteiger partial charge on any atom is -0.353 e. The molecule has 7 rings (SSSR count). The van der Waals surface area contributed by atoms with Crippen LogP contribution in [0.1, 0.15) is 15.9 Å². The minimum absolute atomic E-state index is 0.107. The zero-order valence-corrected chi connectivity index (χ0v) is 23.6. The van der Waals surface area contributed by atoms with Crippen LogP contribution < -0.4 is 16.0 Å². The number of aliphatic imine (C=N–C) groups is 1. The predicted molar refractivity (Wildman–Crippen MR) is 161 cm³/mol. The summed E-state index contributed by atoms with van der Waals surface area (Å²) in [4.78, 5) is 21.5. The molecule has 0 radical (unpaired) electrons. The molecule has 38 heavy (non-hydrogen) atoms. The Bertz CT molecular complexity index is 1540. The summed E-state index contributed by atoms with van der Waals surface area (Å²) in [5.74, 6) is 0.947. The van der Waals surface area contributed by atoms with E-state index in [1.807, 2.05) is 35.0 Å². The SMILES string of the molecule is CN1CCN(C2=Nc3cc(Cl)ccc3Nc3cscc32)CC1.O=C1Nc2cc(Cl)ccc2Nc2cscc21. The Morgan fingerprint density at radius 2 is 1.37 bits per heavy atom. The van der Waals surface area contributed by atoms with Crippen molar-refractivity contribution in [1.82, 2.24) is 9.80 Å². The summed E-state index contributed by atoms with van der Waals surface area (Å²) in [7, 11) is 2.17. The van der Waals surface area contributed by atoms with Gasteiger partial charge in [-0.2, -0.15) is 0 Å². The first kappa shape index (κ1) is 25.2. The summed E-state index contributed by atoms with van der Waals surface area (Å²) in [6, 6.07) is 11.2. The predicted octanol–water partition coefficient (Wildman–Crippen LogP) is 7.50. The van der Waals surface area contributed by atoms with Crippen LogP contribution in [0.2, 0.25) is 10.0 Å². The number of anilines is 5. The number of hydrogen-bond acceptors (Lipinski definition) is 8. The van der Waals surface area contributed by atoms with Gasteiger partial charge in [0.25, 0.3) is 5.91 Å². The number of likely N-dealkylation sites (N-methyl/N-ethyl adjacent to an activating group) is 1. The maximum Gasteiger partial charge on any atom is 0.258 e. The van der Waals surface area contributed by atoms with Gasteiger partial charge < -0.3 is 25.8 Å². The van der Waals surface area contributed by atoms with Crippen LogP contribution in [0.5, 0.6) is 0 Å². The van der Waals surface area contributed by atoms with Gasteiger partial charge in [0, 0.05) is 57.7 Å². The van der Waals surface area contributed by atoms with E-state index in [0.717, 1.165) is 60.5 Å². The average Bonchev–Trinajstić information content (AvgIpc) is 3.50. The van der Waals surface area contributed by atoms with E-state index in [1.165, 1.54) is 16.9 Å². The first-order valence-corrected chi connectivity index (χ1v) is 14.7. The lowest BCUT2D eigenvalue weighted by atomic mass is 10.2. The zero-order chi connectivity index (χ0) is 26.2. The van der Waals surface area contributed by atoms with E-state index in [0.29, 0.717) is 21.3 Å². The zero-order valence-electron chi connectivity index (χ0n) is 20.4. The van der Waals surface area contributed by atoms with Crippen molar-refractivity contribution < 1.29 is 4.79 Å². The van der Waals surface area contributed by atoms with Gasteiger partial charge in [0.15, 0.2) is 0 Å². The lowest BCUT2D eigenvalue weighted by molar-refractivity contribution is 0.102. The van der Waals surface area contributed by atoms with Gasteiger partial charge in [-0.25, -0.2) is 4.99 Å². The molecule has 7 nitrogen and oxygen atoms in total. The number of nitrogens with zero attached hydrogens (tertiary/aromatic N) is 3. The van der Waals surface area contributed by atoms with E-state index >= 15 is 0 Å². The molecule has 1 fully saturated rings. The number of amidine groups is 1. The molecule has 0 atom stereocenters. The van der Waals surface area contributed by atoms with E-state index < -0.39 is 0 Å². The van der Waals surface area contributed by atoms with E-state index in [9.17, 15) is 4.79 Å². The fourth-order valence-electron chi connectivity index (χ4n) is 4.48. The number of hydrogen-bond donors (Lipinski definition) is 3. The molecule has 0 aliphatic carbocycles. The minimum atomic E-state index is -0.107. The second kappa shape index (κ2) is 10.6. The third kappa shape index (κ3) is 5.12. The van der Waals surface area contributed by atoms with Gasteiger partial charge >= 0.3 is 0 Å². The van der Waals surface area contributed by atoms with Crippen molar-refractivity contribution in [3.63, 3.8) is 0 Å². The number of piperazine rings is 1. The number of benzene rings is 2. The van der Waals surface area contributed by atoms with Gasteiger partial charge in [-0.05, 0) is 43.4 Å². The van der Waals surface area contributed by atoms with Crippen LogP contribution in [0.25, 0.3) is 0 Å². The van der Waals surface area contributed by atoms with Crippen molar-refractivity contribution in [2.24, 2.45) is 4.99 Å². The maximum atomic E-state index is 11.9. The normalized spacial score (nSPS) is 16.0. The van der Waals surface area contributed by atoms with Crippen LogP contribution in [0.3, 0.4) is 0 Å². The molecule has 0 bridgehead atoms. The summed E-state index contributed by atoms with van der Waals surface area (Å²) < 4.78 is 0. The second-order valence-corrected chi connectivity index (χ2v) is 11.5. The molecule has 2 aromatic carbocycles. The number of halogens is 2. The third-order valence-electron chi connectivity index (χ3n) is 6.57. The Balaban J connectivity index is 0.000000146. The largest absolute Gasteiger partial charge is 0.353 e. The highest BCUT2D eigenvalue weighted by Gasteiger charge is 2.24. The average molecular weight is 584 g/mol. The van der Waals surface area contributed by atoms with Gasteiger partial charge in [0.05, 0.1) is 45.3 Å². The highest BCUT2D eigenvalue weighted by atomic mass is 35.5. The Morgan fingerprint density at radius 1 is 0.737 bits per heavy atom. The number of nitrogens with one attached hydrogen (secondary N) is 3. The summed E-state index contributed by atoms with van der Waals surface area (Å²) in [5.41, 5.74) is 7.29. The molecule has 0 unspecified atom stereocenters. The molecule has 0 spiro atoms. The molecule has 2 aromatic heterocycles. The molecule has 194 valence electrons. The van der Waals surface area contributed by atoms with Crippen molar-refractivity contribution in [1.29, 1.82) is 0 Å². The standard InChI is InChI=1S/C16H17ClN4S.C11H7ClN2OS/c1-20-4-6-21(7-5-20)16-12-9-22-10-15(12)18-13-3-2-11(17)8-14(13)19-16;12-6-1-2-8-9(3-6)14-11(15)7-4-16-5-10(7)13-8/h2-3,8-10,18H,4-7H2,1H3;1-5,13H,(H,14,15). The Morgan fingerprint density at radius 3 is 2.13 bits per heavy atom. The van der Waals surface area contributed by atoms with E-state index in [-0.39, 0.29) is 5.91 Å². The van der Waals surface area contributed by atoms with Gasteiger partial charge in [-0.3, -0.25) is 4.79 Å². The molecule has 4 aromatic rings. The molecular weight excluding hydrogens is 559 g/mol. The molecule has 3 aliphatic heterocycles. The number of carbonyl (C=O) groups excluding carboxylic acids is 1. The van der Waals surface area contributed by atoms with Crippen molar-refractivity contribution in [2.45, 2.75) is 0 Å². The van der Waals surface area contributed by atoms with E-state index in [1.54, 1.807) is 23.5 Å². The molecule has 1 amide bonds. The van der Waals surface area contributed by atoms with Crippen molar-refractivity contribution in [2.75, 3.05) is 49.2 Å². The number of rotatable bonds is 0. The first-order chi connectivity index (χ1) is 18.4. The molecule has 3 aliphatic rings. The molecule has 1 saturated heterocycles. The quantitative estimate of drug-likeness (QED) is 0.200. The van der Waals surface area contributed by atoms with Crippen molar-refractivity contribution in [3.05, 3.63) is 79.1 Å². The molecule has 11 heteroatoms. The fourth-order valence-corrected chi connectivity index (χ4v) is 6.34. The third-order valence-corrected chi connectivity index (χ3v) is 8.52. The summed E-state index contributed by atoms with van der Waals surface area (Å²) in [6.45, 7) is 4.13. The first-order valence-electron chi connectivity index (χ1n) is 12.0. The van der Waals surface area contributed by atoms with Gasteiger partial charge in [0.1, 0.15) is 5.84 Å².